The van der Waals surface area contributed by atoms with Crippen molar-refractivity contribution in [3.05, 3.63) is 99.9 Å². The molecular weight excluding hydrogens is 352 g/mol. The standard InChI is InChI=1S/C24H20O4/c1-16-6-8-18(9-7-16)14-26-19-10-11-21-22(13-19)27-15-23(24(21)25)28-20-5-3-4-17(2)12-20/h3-13,15H,14H2,1-2H3. The van der Waals surface area contributed by atoms with Crippen LogP contribution in [0.15, 0.2) is 82.2 Å². The van der Waals surface area contributed by atoms with Crippen molar-refractivity contribution in [2.45, 2.75) is 20.5 Å². The van der Waals surface area contributed by atoms with Crippen LogP contribution in [0.1, 0.15) is 16.7 Å². The van der Waals surface area contributed by atoms with Crippen LogP contribution < -0.4 is 14.9 Å². The summed E-state index contributed by atoms with van der Waals surface area (Å²) >= 11 is 0. The smallest absolute Gasteiger partial charge is 0.235 e. The summed E-state index contributed by atoms with van der Waals surface area (Å²) in [4.78, 5) is 12.7. The number of benzene rings is 3. The van der Waals surface area contributed by atoms with Crippen molar-refractivity contribution in [2.75, 3.05) is 0 Å². The summed E-state index contributed by atoms with van der Waals surface area (Å²) < 4.78 is 17.2. The average Bonchev–Trinajstić information content (AvgIpc) is 2.70. The van der Waals surface area contributed by atoms with Crippen molar-refractivity contribution in [3.8, 4) is 17.2 Å². The molecule has 0 aliphatic heterocycles. The molecule has 1 aromatic heterocycles. The number of rotatable bonds is 5. The van der Waals surface area contributed by atoms with E-state index in [0.717, 1.165) is 11.1 Å². The zero-order chi connectivity index (χ0) is 19.5. The Hall–Kier alpha value is -3.53. The summed E-state index contributed by atoms with van der Waals surface area (Å²) in [5, 5.41) is 0.452. The lowest BCUT2D eigenvalue weighted by atomic mass is 10.2. The van der Waals surface area contributed by atoms with Crippen molar-refractivity contribution >= 4 is 11.0 Å². The fourth-order valence-electron chi connectivity index (χ4n) is 2.91. The highest BCUT2D eigenvalue weighted by Gasteiger charge is 2.10. The first-order valence-corrected chi connectivity index (χ1v) is 9.07. The molecule has 140 valence electrons. The highest BCUT2D eigenvalue weighted by atomic mass is 16.5. The fourth-order valence-corrected chi connectivity index (χ4v) is 2.91. The third-order valence-corrected chi connectivity index (χ3v) is 4.46. The molecule has 0 saturated heterocycles. The van der Waals surface area contributed by atoms with Gasteiger partial charge >= 0.3 is 0 Å². The second kappa shape index (κ2) is 7.61. The molecule has 0 amide bonds. The van der Waals surface area contributed by atoms with Gasteiger partial charge in [-0.3, -0.25) is 4.79 Å². The van der Waals surface area contributed by atoms with Crippen LogP contribution in [-0.4, -0.2) is 0 Å². The predicted molar refractivity (Wildman–Crippen MR) is 109 cm³/mol. The Bertz CT molecular complexity index is 1170. The molecule has 0 aliphatic rings. The van der Waals surface area contributed by atoms with Crippen LogP contribution in [0, 0.1) is 13.8 Å². The Morgan fingerprint density at radius 1 is 0.857 bits per heavy atom. The van der Waals surface area contributed by atoms with Gasteiger partial charge in [0.05, 0.1) is 5.39 Å². The van der Waals surface area contributed by atoms with Crippen LogP contribution in [0.3, 0.4) is 0 Å². The molecular formula is C24H20O4. The van der Waals surface area contributed by atoms with Gasteiger partial charge in [-0.2, -0.15) is 0 Å². The van der Waals surface area contributed by atoms with E-state index in [2.05, 4.69) is 0 Å². The van der Waals surface area contributed by atoms with Crippen LogP contribution >= 0.6 is 0 Å². The third kappa shape index (κ3) is 3.91. The zero-order valence-electron chi connectivity index (χ0n) is 15.8. The first kappa shape index (κ1) is 17.9. The van der Waals surface area contributed by atoms with Gasteiger partial charge in [-0.25, -0.2) is 0 Å². The molecule has 0 N–H and O–H groups in total. The fraction of sp³-hybridized carbons (Fsp3) is 0.125. The molecule has 0 unspecified atom stereocenters. The summed E-state index contributed by atoms with van der Waals surface area (Å²) in [6.07, 6.45) is 1.34. The number of fused-ring (bicyclic) bond motifs is 1. The minimum atomic E-state index is -0.215. The molecule has 4 aromatic rings. The van der Waals surface area contributed by atoms with Crippen molar-refractivity contribution in [2.24, 2.45) is 0 Å². The summed E-state index contributed by atoms with van der Waals surface area (Å²) in [7, 11) is 0. The van der Waals surface area contributed by atoms with Gasteiger partial charge in [0.1, 0.15) is 30.0 Å². The molecule has 0 aliphatic carbocycles. The number of aryl methyl sites for hydroxylation is 2. The number of hydrogen-bond donors (Lipinski definition) is 0. The molecule has 4 heteroatoms. The maximum atomic E-state index is 12.7. The van der Waals surface area contributed by atoms with E-state index < -0.39 is 0 Å². The largest absolute Gasteiger partial charge is 0.489 e. The Labute approximate surface area is 163 Å². The zero-order valence-corrected chi connectivity index (χ0v) is 15.8. The lowest BCUT2D eigenvalue weighted by Crippen LogP contribution is -2.05. The molecule has 4 nitrogen and oxygen atoms in total. The second-order valence-electron chi connectivity index (χ2n) is 6.78. The topological polar surface area (TPSA) is 48.7 Å². The molecule has 0 spiro atoms. The summed E-state index contributed by atoms with van der Waals surface area (Å²) in [6, 6.07) is 20.9. The van der Waals surface area contributed by atoms with Crippen LogP contribution in [0.2, 0.25) is 0 Å². The second-order valence-corrected chi connectivity index (χ2v) is 6.78. The Morgan fingerprint density at radius 3 is 2.46 bits per heavy atom. The van der Waals surface area contributed by atoms with Gasteiger partial charge in [-0.15, -0.1) is 0 Å². The quantitative estimate of drug-likeness (QED) is 0.445. The van der Waals surface area contributed by atoms with Gasteiger partial charge in [0, 0.05) is 6.07 Å². The Balaban J connectivity index is 1.55. The van der Waals surface area contributed by atoms with Gasteiger partial charge in [0.15, 0.2) is 0 Å². The first-order chi connectivity index (χ1) is 13.6. The highest BCUT2D eigenvalue weighted by molar-refractivity contribution is 5.79. The summed E-state index contributed by atoms with van der Waals surface area (Å²) in [5.74, 6) is 1.40. The van der Waals surface area contributed by atoms with E-state index in [4.69, 9.17) is 13.9 Å². The molecule has 0 fully saturated rings. The van der Waals surface area contributed by atoms with E-state index in [9.17, 15) is 4.79 Å². The Morgan fingerprint density at radius 2 is 1.68 bits per heavy atom. The van der Waals surface area contributed by atoms with E-state index in [1.54, 1.807) is 24.3 Å². The van der Waals surface area contributed by atoms with Crippen molar-refractivity contribution in [1.29, 1.82) is 0 Å². The van der Waals surface area contributed by atoms with Crippen molar-refractivity contribution in [1.82, 2.24) is 0 Å². The molecule has 4 rings (SSSR count). The summed E-state index contributed by atoms with van der Waals surface area (Å²) in [6.45, 7) is 4.46. The molecule has 0 atom stereocenters. The van der Waals surface area contributed by atoms with Crippen LogP contribution in [0.25, 0.3) is 11.0 Å². The monoisotopic (exact) mass is 372 g/mol. The minimum absolute atomic E-state index is 0.159. The third-order valence-electron chi connectivity index (χ3n) is 4.46. The molecule has 0 saturated carbocycles. The first-order valence-electron chi connectivity index (χ1n) is 9.07. The molecule has 3 aromatic carbocycles. The lowest BCUT2D eigenvalue weighted by molar-refractivity contribution is 0.306. The van der Waals surface area contributed by atoms with Crippen LogP contribution in [0.4, 0.5) is 0 Å². The average molecular weight is 372 g/mol. The Kier molecular flexibility index (Phi) is 4.85. The van der Waals surface area contributed by atoms with Crippen molar-refractivity contribution < 1.29 is 13.9 Å². The molecule has 0 bridgehead atoms. The maximum absolute atomic E-state index is 12.7. The van der Waals surface area contributed by atoms with Gasteiger partial charge in [0.2, 0.25) is 11.2 Å². The van der Waals surface area contributed by atoms with Gasteiger partial charge in [-0.1, -0.05) is 42.0 Å². The van der Waals surface area contributed by atoms with E-state index >= 15 is 0 Å². The van der Waals surface area contributed by atoms with Gasteiger partial charge < -0.3 is 13.9 Å². The maximum Gasteiger partial charge on any atom is 0.235 e. The van der Waals surface area contributed by atoms with Crippen LogP contribution in [0.5, 0.6) is 17.2 Å². The predicted octanol–water partition coefficient (Wildman–Crippen LogP) is 5.78. The summed E-state index contributed by atoms with van der Waals surface area (Å²) in [5.41, 5.74) is 3.59. The van der Waals surface area contributed by atoms with Gasteiger partial charge in [-0.05, 0) is 49.2 Å². The molecule has 1 heterocycles. The van der Waals surface area contributed by atoms with Crippen molar-refractivity contribution in [3.63, 3.8) is 0 Å². The SMILES string of the molecule is Cc1ccc(COc2ccc3c(=O)c(Oc4cccc(C)c4)coc3c2)cc1. The van der Waals surface area contributed by atoms with E-state index in [0.29, 0.717) is 29.1 Å². The van der Waals surface area contributed by atoms with Gasteiger partial charge in [0.25, 0.3) is 0 Å². The number of hydrogen-bond acceptors (Lipinski definition) is 4. The van der Waals surface area contributed by atoms with E-state index in [1.165, 1.54) is 11.8 Å². The number of ether oxygens (including phenoxy) is 2. The van der Waals surface area contributed by atoms with E-state index in [-0.39, 0.29) is 11.2 Å². The highest BCUT2D eigenvalue weighted by Crippen LogP contribution is 2.25. The van der Waals surface area contributed by atoms with E-state index in [1.807, 2.05) is 56.3 Å². The molecule has 0 radical (unpaired) electrons. The molecule has 28 heavy (non-hydrogen) atoms. The minimum Gasteiger partial charge on any atom is -0.489 e. The van der Waals surface area contributed by atoms with Crippen LogP contribution in [-0.2, 0) is 6.61 Å². The normalized spacial score (nSPS) is 10.8. The lowest BCUT2D eigenvalue weighted by Gasteiger charge is -2.09.